The summed E-state index contributed by atoms with van der Waals surface area (Å²) in [5, 5.41) is 1.59. The van der Waals surface area contributed by atoms with Crippen LogP contribution in [0.15, 0.2) is 52.0 Å². The second kappa shape index (κ2) is 7.31. The average Bonchev–Trinajstić information content (AvgIpc) is 3.19. The van der Waals surface area contributed by atoms with Crippen molar-refractivity contribution in [3.05, 3.63) is 58.9 Å². The first-order chi connectivity index (χ1) is 12.7. The highest BCUT2D eigenvalue weighted by molar-refractivity contribution is 8.18. The van der Waals surface area contributed by atoms with Gasteiger partial charge in [0.1, 0.15) is 12.3 Å². The zero-order chi connectivity index (χ0) is 19.6. The van der Waals surface area contributed by atoms with Gasteiger partial charge in [-0.2, -0.15) is 13.2 Å². The molecule has 6 nitrogen and oxygen atoms in total. The van der Waals surface area contributed by atoms with Gasteiger partial charge in [-0.3, -0.25) is 19.3 Å². The first-order valence-corrected chi connectivity index (χ1v) is 8.31. The summed E-state index contributed by atoms with van der Waals surface area (Å²) >= 11 is 0.644. The summed E-state index contributed by atoms with van der Waals surface area (Å²) in [7, 11) is 0. The topological polar surface area (TPSA) is 79.6 Å². The van der Waals surface area contributed by atoms with Gasteiger partial charge in [0.25, 0.3) is 11.1 Å². The second-order valence-corrected chi connectivity index (χ2v) is 6.40. The summed E-state index contributed by atoms with van der Waals surface area (Å²) < 4.78 is 43.2. The van der Waals surface area contributed by atoms with Gasteiger partial charge in [0, 0.05) is 11.8 Å². The van der Waals surface area contributed by atoms with Crippen LogP contribution in [0.1, 0.15) is 11.3 Å². The van der Waals surface area contributed by atoms with Gasteiger partial charge in [-0.1, -0.05) is 6.07 Å². The van der Waals surface area contributed by atoms with Gasteiger partial charge in [-0.15, -0.1) is 0 Å². The van der Waals surface area contributed by atoms with Gasteiger partial charge in [0.15, 0.2) is 0 Å². The molecule has 1 fully saturated rings. The van der Waals surface area contributed by atoms with E-state index in [1.54, 1.807) is 12.1 Å². The zero-order valence-corrected chi connectivity index (χ0v) is 14.3. The van der Waals surface area contributed by atoms with E-state index in [2.05, 4.69) is 5.32 Å². The van der Waals surface area contributed by atoms with Crippen LogP contribution in [0.4, 0.5) is 23.7 Å². The number of carbonyl (C=O) groups excluding carboxylic acids is 3. The number of imide groups is 1. The van der Waals surface area contributed by atoms with E-state index in [-0.39, 0.29) is 10.6 Å². The van der Waals surface area contributed by atoms with E-state index in [0.29, 0.717) is 22.4 Å². The molecule has 0 saturated carbocycles. The number of benzene rings is 1. The molecule has 1 aliphatic heterocycles. The highest BCUT2D eigenvalue weighted by Gasteiger charge is 2.36. The molecule has 0 bridgehead atoms. The van der Waals surface area contributed by atoms with Crippen LogP contribution in [0.2, 0.25) is 0 Å². The molecule has 0 atom stereocenters. The molecule has 27 heavy (non-hydrogen) atoms. The Balaban J connectivity index is 1.68. The van der Waals surface area contributed by atoms with Crippen molar-refractivity contribution >= 4 is 40.6 Å². The van der Waals surface area contributed by atoms with Gasteiger partial charge < -0.3 is 9.73 Å². The Labute approximate surface area is 155 Å². The molecule has 1 aliphatic rings. The van der Waals surface area contributed by atoms with Gasteiger partial charge in [0.2, 0.25) is 5.91 Å². The molecule has 2 aromatic rings. The number of nitrogens with zero attached hydrogens (tertiary/aromatic N) is 1. The molecular formula is C17H11F3N2O4S. The Morgan fingerprint density at radius 3 is 2.67 bits per heavy atom. The minimum Gasteiger partial charge on any atom is -0.465 e. The number of alkyl halides is 3. The predicted octanol–water partition coefficient (Wildman–Crippen LogP) is 3.97. The van der Waals surface area contributed by atoms with Crippen LogP contribution < -0.4 is 5.32 Å². The van der Waals surface area contributed by atoms with Crippen LogP contribution in [-0.4, -0.2) is 28.5 Å². The standard InChI is InChI=1S/C17H11F3N2O4S/c18-17(19,20)10-3-1-4-11(7-10)21-14(23)9-22-15(24)13(27-16(22)25)8-12-5-2-6-26-12/h1-8H,9H2,(H,21,23)/b13-8+. The smallest absolute Gasteiger partial charge is 0.416 e. The average molecular weight is 396 g/mol. The van der Waals surface area contributed by atoms with Crippen LogP contribution in [0.25, 0.3) is 6.08 Å². The maximum absolute atomic E-state index is 12.7. The molecule has 140 valence electrons. The van der Waals surface area contributed by atoms with Crippen molar-refractivity contribution in [3.8, 4) is 0 Å². The summed E-state index contributed by atoms with van der Waals surface area (Å²) in [5.41, 5.74) is -1.01. The van der Waals surface area contributed by atoms with Gasteiger partial charge in [0.05, 0.1) is 16.7 Å². The van der Waals surface area contributed by atoms with E-state index < -0.39 is 35.3 Å². The lowest BCUT2D eigenvalue weighted by atomic mass is 10.2. The van der Waals surface area contributed by atoms with Crippen LogP contribution in [0.3, 0.4) is 0 Å². The SMILES string of the molecule is O=C(CN1C(=O)S/C(=C/c2ccco2)C1=O)Nc1cccc(C(F)(F)F)c1. The molecular weight excluding hydrogens is 385 g/mol. The highest BCUT2D eigenvalue weighted by Crippen LogP contribution is 2.33. The van der Waals surface area contributed by atoms with Crippen molar-refractivity contribution < 1.29 is 32.0 Å². The fourth-order valence-corrected chi connectivity index (χ4v) is 3.07. The number of hydrogen-bond donors (Lipinski definition) is 1. The maximum Gasteiger partial charge on any atom is 0.416 e. The van der Waals surface area contributed by atoms with Crippen LogP contribution in [0, 0.1) is 0 Å². The Morgan fingerprint density at radius 1 is 1.22 bits per heavy atom. The molecule has 1 saturated heterocycles. The summed E-state index contributed by atoms with van der Waals surface area (Å²) in [6.45, 7) is -0.615. The molecule has 10 heteroatoms. The fraction of sp³-hybridized carbons (Fsp3) is 0.118. The third-order valence-corrected chi connectivity index (χ3v) is 4.37. The lowest BCUT2D eigenvalue weighted by Gasteiger charge is -2.13. The van der Waals surface area contributed by atoms with Crippen molar-refractivity contribution in [1.29, 1.82) is 0 Å². The number of anilines is 1. The number of nitrogens with one attached hydrogen (secondary N) is 1. The summed E-state index contributed by atoms with van der Waals surface area (Å²) in [6, 6.07) is 7.25. The lowest BCUT2D eigenvalue weighted by Crippen LogP contribution is -2.36. The molecule has 0 unspecified atom stereocenters. The molecule has 0 radical (unpaired) electrons. The van der Waals surface area contributed by atoms with Crippen LogP contribution in [0.5, 0.6) is 0 Å². The minimum absolute atomic E-state index is 0.0850. The van der Waals surface area contributed by atoms with Crippen molar-refractivity contribution in [2.45, 2.75) is 6.18 Å². The van der Waals surface area contributed by atoms with E-state index in [1.807, 2.05) is 0 Å². The molecule has 3 amide bonds. The Hall–Kier alpha value is -3.01. The lowest BCUT2D eigenvalue weighted by molar-refractivity contribution is -0.137. The summed E-state index contributed by atoms with van der Waals surface area (Å²) in [5.74, 6) is -1.11. The second-order valence-electron chi connectivity index (χ2n) is 5.41. The Morgan fingerprint density at radius 2 is 2.00 bits per heavy atom. The first-order valence-electron chi connectivity index (χ1n) is 7.50. The van der Waals surface area contributed by atoms with Crippen molar-refractivity contribution in [2.75, 3.05) is 11.9 Å². The van der Waals surface area contributed by atoms with Gasteiger partial charge >= 0.3 is 6.18 Å². The fourth-order valence-electron chi connectivity index (χ4n) is 2.26. The summed E-state index contributed by atoms with van der Waals surface area (Å²) in [6.07, 6.45) is -1.78. The molecule has 0 spiro atoms. The normalized spacial score (nSPS) is 16.3. The maximum atomic E-state index is 12.7. The Kier molecular flexibility index (Phi) is 5.08. The predicted molar refractivity (Wildman–Crippen MR) is 91.5 cm³/mol. The number of thioether (sulfide) groups is 1. The number of amides is 3. The highest BCUT2D eigenvalue weighted by atomic mass is 32.2. The number of rotatable bonds is 4. The van der Waals surface area contributed by atoms with Gasteiger partial charge in [-0.05, 0) is 42.1 Å². The molecule has 2 heterocycles. The zero-order valence-electron chi connectivity index (χ0n) is 13.4. The number of furan rings is 1. The molecule has 1 aromatic carbocycles. The van der Waals surface area contributed by atoms with Gasteiger partial charge in [-0.25, -0.2) is 0 Å². The number of halogens is 3. The largest absolute Gasteiger partial charge is 0.465 e. The third-order valence-electron chi connectivity index (χ3n) is 3.47. The first kappa shape index (κ1) is 18.8. The Bertz CT molecular complexity index is 923. The quantitative estimate of drug-likeness (QED) is 0.791. The van der Waals surface area contributed by atoms with E-state index >= 15 is 0 Å². The van der Waals surface area contributed by atoms with E-state index in [9.17, 15) is 27.6 Å². The van der Waals surface area contributed by atoms with Crippen LogP contribution in [-0.2, 0) is 15.8 Å². The van der Waals surface area contributed by atoms with Crippen molar-refractivity contribution in [2.24, 2.45) is 0 Å². The molecule has 0 aliphatic carbocycles. The minimum atomic E-state index is -4.55. The molecule has 3 rings (SSSR count). The third kappa shape index (κ3) is 4.40. The number of hydrogen-bond acceptors (Lipinski definition) is 5. The van der Waals surface area contributed by atoms with Crippen LogP contribution >= 0.6 is 11.8 Å². The van der Waals surface area contributed by atoms with E-state index in [1.165, 1.54) is 18.4 Å². The van der Waals surface area contributed by atoms with E-state index in [4.69, 9.17) is 4.42 Å². The number of carbonyl (C=O) groups is 3. The van der Waals surface area contributed by atoms with Crippen molar-refractivity contribution in [3.63, 3.8) is 0 Å². The molecule has 1 N–H and O–H groups in total. The molecule has 1 aromatic heterocycles. The monoisotopic (exact) mass is 396 g/mol. The summed E-state index contributed by atoms with van der Waals surface area (Å²) in [4.78, 5) is 37.1. The van der Waals surface area contributed by atoms with E-state index in [0.717, 1.165) is 18.2 Å². The van der Waals surface area contributed by atoms with Crippen molar-refractivity contribution in [1.82, 2.24) is 4.90 Å².